The molecule has 1 unspecified atom stereocenters. The van der Waals surface area contributed by atoms with Gasteiger partial charge in [0.1, 0.15) is 6.61 Å². The van der Waals surface area contributed by atoms with Gasteiger partial charge in [0.15, 0.2) is 0 Å². The van der Waals surface area contributed by atoms with E-state index in [2.05, 4.69) is 0 Å². The Morgan fingerprint density at radius 2 is 2.15 bits per heavy atom. The number of hydrogen-bond acceptors (Lipinski definition) is 2. The van der Waals surface area contributed by atoms with Crippen LogP contribution in [0.15, 0.2) is 0 Å². The summed E-state index contributed by atoms with van der Waals surface area (Å²) in [5.41, 5.74) is -0.746. The summed E-state index contributed by atoms with van der Waals surface area (Å²) in [5.74, 6) is -3.01. The second-order valence-corrected chi connectivity index (χ2v) is 3.95. The van der Waals surface area contributed by atoms with Crippen molar-refractivity contribution in [2.75, 3.05) is 13.2 Å². The lowest BCUT2D eigenvalue weighted by Gasteiger charge is -2.36. The third kappa shape index (κ3) is 3.19. The van der Waals surface area contributed by atoms with E-state index in [9.17, 15) is 8.78 Å². The lowest BCUT2D eigenvalue weighted by atomic mass is 9.90. The van der Waals surface area contributed by atoms with Crippen molar-refractivity contribution in [1.29, 1.82) is 0 Å². The van der Waals surface area contributed by atoms with E-state index >= 15 is 0 Å². The smallest absolute Gasteiger partial charge is 0.273 e. The predicted octanol–water partition coefficient (Wildman–Crippen LogP) is 1.96. The molecule has 0 aromatic heterocycles. The van der Waals surface area contributed by atoms with Crippen LogP contribution in [0, 0.1) is 0 Å². The molecule has 0 amide bonds. The SMILES string of the molecule is CC1(CC(F)(F)CO)CCCCO1. The minimum Gasteiger partial charge on any atom is -0.390 e. The topological polar surface area (TPSA) is 29.5 Å². The number of halogens is 2. The molecule has 78 valence electrons. The molecule has 1 saturated heterocycles. The minimum atomic E-state index is -3.01. The molecule has 1 aliphatic heterocycles. The van der Waals surface area contributed by atoms with Crippen molar-refractivity contribution >= 4 is 0 Å². The van der Waals surface area contributed by atoms with Crippen LogP contribution in [0.4, 0.5) is 8.78 Å². The lowest BCUT2D eigenvalue weighted by molar-refractivity contribution is -0.146. The first kappa shape index (κ1) is 10.9. The number of rotatable bonds is 3. The van der Waals surface area contributed by atoms with Gasteiger partial charge in [0.25, 0.3) is 5.92 Å². The van der Waals surface area contributed by atoms with Gasteiger partial charge in [0, 0.05) is 13.0 Å². The molecule has 0 saturated carbocycles. The molecule has 1 rings (SSSR count). The molecule has 4 heteroatoms. The molecule has 0 aromatic rings. The molecule has 2 nitrogen and oxygen atoms in total. The molecule has 0 bridgehead atoms. The van der Waals surface area contributed by atoms with Crippen LogP contribution in [-0.2, 0) is 4.74 Å². The van der Waals surface area contributed by atoms with Gasteiger partial charge in [-0.15, -0.1) is 0 Å². The normalized spacial score (nSPS) is 30.5. The van der Waals surface area contributed by atoms with Gasteiger partial charge in [-0.1, -0.05) is 0 Å². The first-order valence-electron chi connectivity index (χ1n) is 4.60. The first-order chi connectivity index (χ1) is 5.97. The molecule has 1 aliphatic rings. The summed E-state index contributed by atoms with van der Waals surface area (Å²) in [5, 5.41) is 8.43. The monoisotopic (exact) mass is 194 g/mol. The number of hydrogen-bond donors (Lipinski definition) is 1. The molecule has 13 heavy (non-hydrogen) atoms. The van der Waals surface area contributed by atoms with E-state index in [0.29, 0.717) is 13.0 Å². The van der Waals surface area contributed by atoms with Crippen molar-refractivity contribution in [2.24, 2.45) is 0 Å². The number of alkyl halides is 2. The maximum Gasteiger partial charge on any atom is 0.273 e. The van der Waals surface area contributed by atoms with Crippen LogP contribution in [0.1, 0.15) is 32.6 Å². The average molecular weight is 194 g/mol. The molecule has 0 radical (unpaired) electrons. The van der Waals surface area contributed by atoms with E-state index < -0.39 is 18.1 Å². The predicted molar refractivity (Wildman–Crippen MR) is 44.9 cm³/mol. The average Bonchev–Trinajstić information content (AvgIpc) is 2.04. The van der Waals surface area contributed by atoms with Crippen LogP contribution in [0.2, 0.25) is 0 Å². The fourth-order valence-corrected chi connectivity index (χ4v) is 1.73. The van der Waals surface area contributed by atoms with Crippen LogP contribution in [0.5, 0.6) is 0 Å². The minimum absolute atomic E-state index is 0.378. The summed E-state index contributed by atoms with van der Waals surface area (Å²) in [6.07, 6.45) is 2.15. The van der Waals surface area contributed by atoms with Crippen LogP contribution in [0.25, 0.3) is 0 Å². The van der Waals surface area contributed by atoms with E-state index in [1.54, 1.807) is 6.92 Å². The summed E-state index contributed by atoms with van der Waals surface area (Å²) >= 11 is 0. The highest BCUT2D eigenvalue weighted by atomic mass is 19.3. The highest BCUT2D eigenvalue weighted by molar-refractivity contribution is 4.84. The third-order valence-corrected chi connectivity index (χ3v) is 2.41. The van der Waals surface area contributed by atoms with Gasteiger partial charge >= 0.3 is 0 Å². The molecule has 1 atom stereocenters. The van der Waals surface area contributed by atoms with E-state index in [-0.39, 0.29) is 6.42 Å². The molecule has 0 aliphatic carbocycles. The summed E-state index contributed by atoms with van der Waals surface area (Å²) in [6.45, 7) is 1.15. The Kier molecular flexibility index (Phi) is 3.24. The van der Waals surface area contributed by atoms with E-state index in [0.717, 1.165) is 12.8 Å². The summed E-state index contributed by atoms with van der Waals surface area (Å²) in [7, 11) is 0. The fraction of sp³-hybridized carbons (Fsp3) is 1.00. The molecule has 1 N–H and O–H groups in total. The van der Waals surface area contributed by atoms with Gasteiger partial charge in [-0.3, -0.25) is 0 Å². The van der Waals surface area contributed by atoms with Crippen molar-refractivity contribution in [3.63, 3.8) is 0 Å². The molecule has 0 spiro atoms. The first-order valence-corrected chi connectivity index (χ1v) is 4.60. The van der Waals surface area contributed by atoms with Gasteiger partial charge in [-0.2, -0.15) is 0 Å². The Morgan fingerprint density at radius 3 is 2.62 bits per heavy atom. The molecule has 0 aromatic carbocycles. The van der Waals surface area contributed by atoms with Crippen LogP contribution < -0.4 is 0 Å². The van der Waals surface area contributed by atoms with Crippen molar-refractivity contribution in [3.8, 4) is 0 Å². The van der Waals surface area contributed by atoms with Gasteiger partial charge in [0.05, 0.1) is 5.60 Å². The van der Waals surface area contributed by atoms with Crippen LogP contribution in [0.3, 0.4) is 0 Å². The Labute approximate surface area is 76.9 Å². The van der Waals surface area contributed by atoms with Crippen molar-refractivity contribution in [2.45, 2.75) is 44.1 Å². The second-order valence-electron chi connectivity index (χ2n) is 3.95. The highest BCUT2D eigenvalue weighted by Gasteiger charge is 2.40. The molecule has 1 heterocycles. The zero-order valence-electron chi connectivity index (χ0n) is 7.85. The Bertz CT molecular complexity index is 165. The maximum absolute atomic E-state index is 12.9. The van der Waals surface area contributed by atoms with Gasteiger partial charge < -0.3 is 9.84 Å². The zero-order chi connectivity index (χ0) is 9.95. The Hall–Kier alpha value is -0.220. The quantitative estimate of drug-likeness (QED) is 0.744. The summed E-state index contributed by atoms with van der Waals surface area (Å²) in [6, 6.07) is 0. The lowest BCUT2D eigenvalue weighted by Crippen LogP contribution is -2.40. The summed E-state index contributed by atoms with van der Waals surface area (Å²) in [4.78, 5) is 0. The number of ether oxygens (including phenoxy) is 1. The fourth-order valence-electron chi connectivity index (χ4n) is 1.73. The zero-order valence-corrected chi connectivity index (χ0v) is 7.85. The van der Waals surface area contributed by atoms with Crippen LogP contribution >= 0.6 is 0 Å². The highest BCUT2D eigenvalue weighted by Crippen LogP contribution is 2.34. The van der Waals surface area contributed by atoms with Crippen molar-refractivity contribution in [3.05, 3.63) is 0 Å². The van der Waals surface area contributed by atoms with Gasteiger partial charge in [-0.25, -0.2) is 8.78 Å². The van der Waals surface area contributed by atoms with E-state index in [1.807, 2.05) is 0 Å². The molecular weight excluding hydrogens is 178 g/mol. The summed E-state index contributed by atoms with van der Waals surface area (Å²) < 4.78 is 31.0. The Balaban J connectivity index is 2.49. The maximum atomic E-state index is 12.9. The molecular formula is C9H16F2O2. The van der Waals surface area contributed by atoms with Crippen LogP contribution in [-0.4, -0.2) is 29.8 Å². The number of aliphatic hydroxyl groups excluding tert-OH is 1. The van der Waals surface area contributed by atoms with Crippen molar-refractivity contribution < 1.29 is 18.6 Å². The van der Waals surface area contributed by atoms with Gasteiger partial charge in [-0.05, 0) is 26.2 Å². The molecule has 1 fully saturated rings. The van der Waals surface area contributed by atoms with E-state index in [1.165, 1.54) is 0 Å². The van der Waals surface area contributed by atoms with Crippen molar-refractivity contribution in [1.82, 2.24) is 0 Å². The second kappa shape index (κ2) is 3.88. The standard InChI is InChI=1S/C9H16F2O2/c1-8(4-2-3-5-13-8)6-9(10,11)7-12/h12H,2-7H2,1H3. The van der Waals surface area contributed by atoms with Gasteiger partial charge in [0.2, 0.25) is 0 Å². The van der Waals surface area contributed by atoms with E-state index in [4.69, 9.17) is 9.84 Å². The largest absolute Gasteiger partial charge is 0.390 e. The number of aliphatic hydroxyl groups is 1. The Morgan fingerprint density at radius 1 is 1.46 bits per heavy atom. The third-order valence-electron chi connectivity index (χ3n) is 2.41.